The fourth-order valence-corrected chi connectivity index (χ4v) is 2.29. The van der Waals surface area contributed by atoms with Crippen molar-refractivity contribution in [3.05, 3.63) is 0 Å². The molecule has 2 aliphatic heterocycles. The van der Waals surface area contributed by atoms with Crippen molar-refractivity contribution < 1.29 is 9.59 Å². The summed E-state index contributed by atoms with van der Waals surface area (Å²) >= 11 is 0. The zero-order valence-electron chi connectivity index (χ0n) is 9.45. The van der Waals surface area contributed by atoms with Gasteiger partial charge in [0.2, 0.25) is 12.2 Å². The van der Waals surface area contributed by atoms with E-state index in [-0.39, 0.29) is 11.9 Å². The minimum Gasteiger partial charge on any atom is -0.342 e. The van der Waals surface area contributed by atoms with Crippen LogP contribution in [0.5, 0.6) is 0 Å². The van der Waals surface area contributed by atoms with Crippen LogP contribution in [0.2, 0.25) is 0 Å². The largest absolute Gasteiger partial charge is 0.342 e. The molecule has 16 heavy (non-hydrogen) atoms. The lowest BCUT2D eigenvalue weighted by atomic mass is 10.2. The van der Waals surface area contributed by atoms with E-state index in [0.29, 0.717) is 13.1 Å². The van der Waals surface area contributed by atoms with E-state index < -0.39 is 0 Å². The van der Waals surface area contributed by atoms with Gasteiger partial charge in [0.25, 0.3) is 0 Å². The summed E-state index contributed by atoms with van der Waals surface area (Å²) in [5.74, 6) is 0.152. The zero-order valence-corrected chi connectivity index (χ0v) is 9.45. The molecule has 1 unspecified atom stereocenters. The van der Waals surface area contributed by atoms with Crippen molar-refractivity contribution in [3.63, 3.8) is 0 Å². The first-order valence-corrected chi connectivity index (χ1v) is 5.91. The summed E-state index contributed by atoms with van der Waals surface area (Å²) in [5.41, 5.74) is 0. The van der Waals surface area contributed by atoms with Gasteiger partial charge in [-0.15, -0.1) is 0 Å². The summed E-state index contributed by atoms with van der Waals surface area (Å²) in [6, 6.07) is -0.264. The molecule has 2 fully saturated rings. The molecule has 0 aromatic carbocycles. The molecule has 1 N–H and O–H groups in total. The predicted octanol–water partition coefficient (Wildman–Crippen LogP) is -1.01. The van der Waals surface area contributed by atoms with Crippen molar-refractivity contribution in [2.45, 2.75) is 18.9 Å². The number of rotatable bonds is 3. The second kappa shape index (κ2) is 5.41. The van der Waals surface area contributed by atoms with Gasteiger partial charge in [0, 0.05) is 32.7 Å². The topological polar surface area (TPSA) is 52.7 Å². The highest BCUT2D eigenvalue weighted by Crippen LogP contribution is 2.09. The number of nitrogens with one attached hydrogen (secondary N) is 1. The van der Waals surface area contributed by atoms with E-state index in [1.165, 1.54) is 0 Å². The molecular weight excluding hydrogens is 206 g/mol. The molecule has 2 saturated heterocycles. The van der Waals surface area contributed by atoms with Gasteiger partial charge in [-0.2, -0.15) is 0 Å². The third-order valence-electron chi connectivity index (χ3n) is 3.29. The van der Waals surface area contributed by atoms with Crippen LogP contribution in [0.1, 0.15) is 12.8 Å². The summed E-state index contributed by atoms with van der Waals surface area (Å²) in [4.78, 5) is 26.5. The number of carbonyl (C=O) groups excluding carboxylic acids is 2. The predicted molar refractivity (Wildman–Crippen MR) is 59.7 cm³/mol. The Morgan fingerprint density at radius 3 is 2.75 bits per heavy atom. The fraction of sp³-hybridized carbons (Fsp3) is 0.818. The van der Waals surface area contributed by atoms with Gasteiger partial charge in [-0.1, -0.05) is 0 Å². The molecular formula is C11H18N3O2. The number of nitrogens with zero attached hydrogens (tertiary/aromatic N) is 2. The second-order valence-corrected chi connectivity index (χ2v) is 4.40. The smallest absolute Gasteiger partial charge is 0.236 e. The molecule has 0 bridgehead atoms. The number of likely N-dealkylation sites (tertiary alicyclic amines) is 1. The van der Waals surface area contributed by atoms with Crippen LogP contribution >= 0.6 is 0 Å². The normalized spacial score (nSPS) is 27.0. The Morgan fingerprint density at radius 1 is 1.31 bits per heavy atom. The number of hydrogen-bond acceptors (Lipinski definition) is 4. The average molecular weight is 224 g/mol. The summed E-state index contributed by atoms with van der Waals surface area (Å²) < 4.78 is 0. The highest BCUT2D eigenvalue weighted by molar-refractivity contribution is 5.79. The highest BCUT2D eigenvalue weighted by atomic mass is 16.2. The molecule has 1 amide bonds. The van der Waals surface area contributed by atoms with Crippen LogP contribution in [-0.4, -0.2) is 67.3 Å². The van der Waals surface area contributed by atoms with E-state index in [1.807, 2.05) is 16.1 Å². The summed E-state index contributed by atoms with van der Waals surface area (Å²) in [7, 11) is 0. The first kappa shape index (κ1) is 11.5. The first-order valence-electron chi connectivity index (χ1n) is 5.91. The number of amides is 1. The maximum Gasteiger partial charge on any atom is 0.236 e. The van der Waals surface area contributed by atoms with E-state index in [2.05, 4.69) is 5.32 Å². The van der Waals surface area contributed by atoms with Crippen molar-refractivity contribution in [1.29, 1.82) is 0 Å². The first-order chi connectivity index (χ1) is 7.81. The van der Waals surface area contributed by atoms with Gasteiger partial charge in [0.05, 0.1) is 12.6 Å². The molecule has 0 aromatic rings. The molecule has 89 valence electrons. The summed E-state index contributed by atoms with van der Waals surface area (Å²) in [6.45, 7) is 4.31. The minimum absolute atomic E-state index is 0.152. The number of piperazine rings is 1. The molecule has 0 saturated carbocycles. The SMILES string of the molecule is O=[C]C1CNCCN1CC(=O)N1CCCC1. The van der Waals surface area contributed by atoms with Crippen LogP contribution in [0.4, 0.5) is 0 Å². The van der Waals surface area contributed by atoms with Crippen LogP contribution in [0.3, 0.4) is 0 Å². The van der Waals surface area contributed by atoms with Crippen LogP contribution < -0.4 is 5.32 Å². The zero-order chi connectivity index (χ0) is 11.4. The quantitative estimate of drug-likeness (QED) is 0.667. The maximum atomic E-state index is 11.9. The van der Waals surface area contributed by atoms with E-state index in [4.69, 9.17) is 0 Å². The third kappa shape index (κ3) is 2.59. The Balaban J connectivity index is 1.86. The van der Waals surface area contributed by atoms with Crippen molar-refractivity contribution in [1.82, 2.24) is 15.1 Å². The Bertz CT molecular complexity index is 264. The van der Waals surface area contributed by atoms with E-state index >= 15 is 0 Å². The molecule has 2 heterocycles. The van der Waals surface area contributed by atoms with E-state index in [1.54, 1.807) is 0 Å². The summed E-state index contributed by atoms with van der Waals surface area (Å²) in [5, 5.41) is 3.13. The molecule has 0 aromatic heterocycles. The van der Waals surface area contributed by atoms with E-state index in [9.17, 15) is 9.59 Å². The van der Waals surface area contributed by atoms with Crippen molar-refractivity contribution in [3.8, 4) is 0 Å². The molecule has 2 aliphatic rings. The summed E-state index contributed by atoms with van der Waals surface area (Å²) in [6.07, 6.45) is 4.21. The maximum absolute atomic E-state index is 11.9. The molecule has 0 spiro atoms. The lowest BCUT2D eigenvalue weighted by Gasteiger charge is -2.32. The second-order valence-electron chi connectivity index (χ2n) is 4.40. The molecule has 0 aliphatic carbocycles. The molecule has 2 rings (SSSR count). The minimum atomic E-state index is -0.264. The van der Waals surface area contributed by atoms with Gasteiger partial charge < -0.3 is 10.2 Å². The molecule has 1 atom stereocenters. The van der Waals surface area contributed by atoms with Crippen LogP contribution in [0.15, 0.2) is 0 Å². The van der Waals surface area contributed by atoms with E-state index in [0.717, 1.165) is 39.0 Å². The molecule has 5 heteroatoms. The monoisotopic (exact) mass is 224 g/mol. The van der Waals surface area contributed by atoms with Gasteiger partial charge in [-0.3, -0.25) is 14.5 Å². The lowest BCUT2D eigenvalue weighted by Crippen LogP contribution is -2.54. The standard InChI is InChI=1S/C11H18N3O2/c15-9-10-7-12-3-6-14(10)8-11(16)13-4-1-2-5-13/h10,12H,1-8H2. The average Bonchev–Trinajstić information content (AvgIpc) is 2.83. The van der Waals surface area contributed by atoms with Crippen LogP contribution in [0, 0.1) is 0 Å². The van der Waals surface area contributed by atoms with Crippen molar-refractivity contribution in [2.24, 2.45) is 0 Å². The van der Waals surface area contributed by atoms with Gasteiger partial charge in [-0.25, -0.2) is 0 Å². The van der Waals surface area contributed by atoms with Gasteiger partial charge in [0.1, 0.15) is 0 Å². The Morgan fingerprint density at radius 2 is 2.06 bits per heavy atom. The lowest BCUT2D eigenvalue weighted by molar-refractivity contribution is -0.131. The third-order valence-corrected chi connectivity index (χ3v) is 3.29. The fourth-order valence-electron chi connectivity index (χ4n) is 2.29. The Labute approximate surface area is 95.8 Å². The van der Waals surface area contributed by atoms with Gasteiger partial charge in [-0.05, 0) is 12.8 Å². The number of hydrogen-bond donors (Lipinski definition) is 1. The number of carbonyl (C=O) groups is 1. The van der Waals surface area contributed by atoms with Crippen LogP contribution in [-0.2, 0) is 9.59 Å². The van der Waals surface area contributed by atoms with Gasteiger partial charge in [0.15, 0.2) is 0 Å². The van der Waals surface area contributed by atoms with Gasteiger partial charge >= 0.3 is 0 Å². The van der Waals surface area contributed by atoms with Crippen LogP contribution in [0.25, 0.3) is 0 Å². The molecule has 5 nitrogen and oxygen atoms in total. The Hall–Kier alpha value is -0.940. The van der Waals surface area contributed by atoms with Crippen molar-refractivity contribution >= 4 is 12.2 Å². The Kier molecular flexibility index (Phi) is 3.90. The molecule has 1 radical (unpaired) electrons. The highest BCUT2D eigenvalue weighted by Gasteiger charge is 2.27. The van der Waals surface area contributed by atoms with Crippen molar-refractivity contribution in [2.75, 3.05) is 39.3 Å².